The third-order valence-corrected chi connectivity index (χ3v) is 7.07. The summed E-state index contributed by atoms with van der Waals surface area (Å²) in [5.41, 5.74) is -3.04. The number of hydrogen-bond acceptors (Lipinski definition) is 5. The number of aliphatic hydroxyl groups is 1. The number of piperazine rings is 1. The number of imidazole rings is 1. The molecule has 1 saturated heterocycles. The second-order valence-electron chi connectivity index (χ2n) is 10.0. The monoisotopic (exact) mass is 603 g/mol. The summed E-state index contributed by atoms with van der Waals surface area (Å²) in [5.74, 6) is -5.22. The lowest BCUT2D eigenvalue weighted by Crippen LogP contribution is -2.53. The Bertz CT molecular complexity index is 1620. The lowest BCUT2D eigenvalue weighted by atomic mass is 10.0. The summed E-state index contributed by atoms with van der Waals surface area (Å²) in [5, 5.41) is 9.73. The highest BCUT2D eigenvalue weighted by Gasteiger charge is 2.39. The summed E-state index contributed by atoms with van der Waals surface area (Å²) in [4.78, 5) is 14.2. The van der Waals surface area contributed by atoms with Gasteiger partial charge in [0.15, 0.2) is 17.5 Å². The average Bonchev–Trinajstić information content (AvgIpc) is 3.34. The van der Waals surface area contributed by atoms with Crippen molar-refractivity contribution in [1.82, 2.24) is 15.0 Å². The molecule has 15 heteroatoms. The van der Waals surface area contributed by atoms with Crippen LogP contribution in [0.1, 0.15) is 36.6 Å². The highest BCUT2D eigenvalue weighted by atomic mass is 19.4. The molecule has 0 amide bonds. The smallest absolute Gasteiger partial charge is 0.389 e. The van der Waals surface area contributed by atoms with Gasteiger partial charge in [0.25, 0.3) is 0 Å². The van der Waals surface area contributed by atoms with Crippen LogP contribution in [-0.2, 0) is 12.4 Å². The van der Waals surface area contributed by atoms with Gasteiger partial charge in [0.1, 0.15) is 5.82 Å². The molecule has 2 aromatic carbocycles. The molecule has 2 aromatic heterocycles. The Kier molecular flexibility index (Phi) is 7.28. The van der Waals surface area contributed by atoms with Gasteiger partial charge in [0.2, 0.25) is 5.95 Å². The van der Waals surface area contributed by atoms with Crippen LogP contribution in [-0.4, -0.2) is 45.7 Å². The number of rotatable bonds is 4. The van der Waals surface area contributed by atoms with E-state index < -0.39 is 53.1 Å². The van der Waals surface area contributed by atoms with Crippen LogP contribution in [0.15, 0.2) is 36.5 Å². The van der Waals surface area contributed by atoms with Crippen molar-refractivity contribution in [2.45, 2.75) is 38.3 Å². The van der Waals surface area contributed by atoms with Gasteiger partial charge in [-0.1, -0.05) is 0 Å². The number of fused-ring (bicyclic) bond motifs is 1. The molecule has 0 aliphatic carbocycles. The van der Waals surface area contributed by atoms with E-state index in [1.807, 2.05) is 0 Å². The quantitative estimate of drug-likeness (QED) is 0.197. The van der Waals surface area contributed by atoms with Crippen LogP contribution in [0.2, 0.25) is 0 Å². The molecule has 1 fully saturated rings. The number of aromatic nitrogens is 3. The van der Waals surface area contributed by atoms with Gasteiger partial charge < -0.3 is 19.9 Å². The average molecular weight is 603 g/mol. The number of pyridine rings is 1. The van der Waals surface area contributed by atoms with Crippen molar-refractivity contribution in [1.29, 1.82) is 0 Å². The van der Waals surface area contributed by atoms with E-state index in [2.05, 4.69) is 15.0 Å². The summed E-state index contributed by atoms with van der Waals surface area (Å²) >= 11 is 0. The van der Waals surface area contributed by atoms with E-state index in [9.17, 15) is 44.6 Å². The van der Waals surface area contributed by atoms with Crippen molar-refractivity contribution in [3.63, 3.8) is 0 Å². The molecule has 0 spiro atoms. The highest BCUT2D eigenvalue weighted by molar-refractivity contribution is 5.94. The van der Waals surface area contributed by atoms with Gasteiger partial charge in [-0.25, -0.2) is 23.1 Å². The summed E-state index contributed by atoms with van der Waals surface area (Å²) in [7, 11) is 0. The van der Waals surface area contributed by atoms with Crippen molar-refractivity contribution < 1.29 is 44.6 Å². The molecule has 1 aliphatic heterocycles. The molecule has 0 saturated carbocycles. The minimum atomic E-state index is -4.84. The van der Waals surface area contributed by atoms with Gasteiger partial charge >= 0.3 is 12.4 Å². The number of alkyl halides is 6. The van der Waals surface area contributed by atoms with Crippen LogP contribution in [0.5, 0.6) is 0 Å². The molecule has 4 aromatic rings. The molecule has 3 heterocycles. The van der Waals surface area contributed by atoms with Crippen LogP contribution >= 0.6 is 0 Å². The van der Waals surface area contributed by atoms with Gasteiger partial charge in [-0.15, -0.1) is 0 Å². The number of H-pyrrole nitrogens is 1. The molecule has 2 atom stereocenters. The van der Waals surface area contributed by atoms with Crippen LogP contribution in [0.4, 0.5) is 51.3 Å². The van der Waals surface area contributed by atoms with E-state index in [-0.39, 0.29) is 59.1 Å². The van der Waals surface area contributed by atoms with Crippen molar-refractivity contribution in [3.05, 3.63) is 70.7 Å². The Labute approximate surface area is 232 Å². The first-order valence-corrected chi connectivity index (χ1v) is 12.6. The van der Waals surface area contributed by atoms with Crippen LogP contribution < -0.4 is 9.80 Å². The summed E-state index contributed by atoms with van der Waals surface area (Å²) in [6.45, 7) is 3.15. The molecule has 1 aliphatic rings. The third-order valence-electron chi connectivity index (χ3n) is 7.07. The van der Waals surface area contributed by atoms with E-state index in [1.54, 1.807) is 11.8 Å². The fourth-order valence-electron chi connectivity index (χ4n) is 4.95. The number of halogens is 9. The van der Waals surface area contributed by atoms with Crippen LogP contribution in [0.3, 0.4) is 0 Å². The van der Waals surface area contributed by atoms with Crippen molar-refractivity contribution >= 4 is 22.8 Å². The minimum absolute atomic E-state index is 0.00501. The third kappa shape index (κ3) is 5.44. The maximum atomic E-state index is 14.0. The lowest BCUT2D eigenvalue weighted by Gasteiger charge is -2.41. The zero-order valence-electron chi connectivity index (χ0n) is 21.9. The summed E-state index contributed by atoms with van der Waals surface area (Å²) in [6, 6.07) is 2.82. The van der Waals surface area contributed by atoms with Gasteiger partial charge in [0.05, 0.1) is 28.3 Å². The van der Waals surface area contributed by atoms with E-state index in [1.165, 1.54) is 11.8 Å². The largest absolute Gasteiger partial charge is 0.419 e. The molecule has 0 bridgehead atoms. The predicted molar refractivity (Wildman–Crippen MR) is 135 cm³/mol. The molecule has 224 valence electrons. The van der Waals surface area contributed by atoms with Crippen molar-refractivity contribution in [3.8, 4) is 11.1 Å². The number of aliphatic hydroxyl groups excluding tert-OH is 1. The number of benzene rings is 2. The Hall–Kier alpha value is -4.01. The molecule has 1 unspecified atom stereocenters. The van der Waals surface area contributed by atoms with Crippen molar-refractivity contribution in [2.75, 3.05) is 29.4 Å². The van der Waals surface area contributed by atoms with E-state index in [4.69, 9.17) is 0 Å². The number of nitrogens with one attached hydrogen (secondary N) is 1. The summed E-state index contributed by atoms with van der Waals surface area (Å²) in [6.07, 6.45) is -9.60. The zero-order valence-corrected chi connectivity index (χ0v) is 21.9. The molecule has 6 nitrogen and oxygen atoms in total. The molecular weight excluding hydrogens is 581 g/mol. The number of anilines is 2. The fourth-order valence-corrected chi connectivity index (χ4v) is 4.95. The van der Waals surface area contributed by atoms with Crippen LogP contribution in [0.25, 0.3) is 22.2 Å². The Morgan fingerprint density at radius 3 is 2.19 bits per heavy atom. The molecular formula is C27H22F9N5O. The Morgan fingerprint density at radius 1 is 0.952 bits per heavy atom. The van der Waals surface area contributed by atoms with Crippen molar-refractivity contribution in [2.24, 2.45) is 0 Å². The first kappa shape index (κ1) is 29.5. The van der Waals surface area contributed by atoms with E-state index in [0.29, 0.717) is 18.2 Å². The van der Waals surface area contributed by atoms with Gasteiger partial charge in [-0.2, -0.15) is 26.3 Å². The second-order valence-corrected chi connectivity index (χ2v) is 10.0. The first-order chi connectivity index (χ1) is 19.5. The normalized spacial score (nSPS) is 17.3. The lowest BCUT2D eigenvalue weighted by molar-refractivity contribution is -0.138. The van der Waals surface area contributed by atoms with Gasteiger partial charge in [0, 0.05) is 37.4 Å². The Balaban J connectivity index is 1.51. The number of hydrogen-bond donors (Lipinski definition) is 2. The topological polar surface area (TPSA) is 68.3 Å². The van der Waals surface area contributed by atoms with Gasteiger partial charge in [-0.3, -0.25) is 0 Å². The maximum absolute atomic E-state index is 14.0. The minimum Gasteiger partial charge on any atom is -0.389 e. The fraction of sp³-hybridized carbons (Fsp3) is 0.333. The maximum Gasteiger partial charge on any atom is 0.419 e. The molecule has 2 N–H and O–H groups in total. The zero-order chi connectivity index (χ0) is 30.7. The standard InChI is InChI=1S/C27H22F9N5O/c1-12-11-40(3-4-41(12)24-18(27(34,35)36)5-15(10-37-24)13(2)42)25-38-21-9-16(26(31,32)33)8-17(23(21)39-25)14-6-19(28)22(30)20(29)7-14/h5-10,12-13,42H,3-4,11H2,1-2H3,(H,38,39)/t12?,13-/m0/s1. The summed E-state index contributed by atoms with van der Waals surface area (Å²) < 4.78 is 124. The SMILES string of the molecule is CC1CN(c2nc3c(-c4cc(F)c(F)c(F)c4)cc(C(F)(F)F)cc3[nH]2)CCN1c1ncc([C@H](C)O)cc1C(F)(F)F. The highest BCUT2D eigenvalue weighted by Crippen LogP contribution is 2.40. The molecule has 0 radical (unpaired) electrons. The van der Waals surface area contributed by atoms with E-state index in [0.717, 1.165) is 18.3 Å². The van der Waals surface area contributed by atoms with Gasteiger partial charge in [-0.05, 0) is 55.3 Å². The first-order valence-electron chi connectivity index (χ1n) is 12.6. The number of aromatic amines is 1. The molecule has 5 rings (SSSR count). The second kappa shape index (κ2) is 10.4. The predicted octanol–water partition coefficient (Wildman–Crippen LogP) is 6.85. The Morgan fingerprint density at radius 2 is 1.62 bits per heavy atom. The van der Waals surface area contributed by atoms with Crippen LogP contribution in [0, 0.1) is 17.5 Å². The van der Waals surface area contributed by atoms with E-state index >= 15 is 0 Å². The molecule has 42 heavy (non-hydrogen) atoms. The number of nitrogens with zero attached hydrogens (tertiary/aromatic N) is 4.